The zero-order valence-corrected chi connectivity index (χ0v) is 17.0. The van der Waals surface area contributed by atoms with E-state index in [-0.39, 0.29) is 31.2 Å². The van der Waals surface area contributed by atoms with E-state index in [9.17, 15) is 15.0 Å². The molecule has 1 aliphatic heterocycles. The van der Waals surface area contributed by atoms with Crippen LogP contribution in [0.3, 0.4) is 0 Å². The van der Waals surface area contributed by atoms with Gasteiger partial charge in [-0.2, -0.15) is 0 Å². The highest BCUT2D eigenvalue weighted by molar-refractivity contribution is 6.08. The molecule has 0 amide bonds. The number of aliphatic hydroxyl groups is 2. The molecule has 1 unspecified atom stereocenters. The van der Waals surface area contributed by atoms with Gasteiger partial charge in [-0.1, -0.05) is 45.0 Å². The van der Waals surface area contributed by atoms with Gasteiger partial charge in [0.25, 0.3) is 0 Å². The summed E-state index contributed by atoms with van der Waals surface area (Å²) in [5.74, 6) is 0.589. The van der Waals surface area contributed by atoms with Gasteiger partial charge in [0.2, 0.25) is 0 Å². The fraction of sp³-hybridized carbons (Fsp3) is 0.591. The Kier molecular flexibility index (Phi) is 6.84. The molecule has 150 valence electrons. The van der Waals surface area contributed by atoms with Crippen molar-refractivity contribution in [1.82, 2.24) is 0 Å². The Bertz CT molecular complexity index is 700. The number of rotatable bonds is 5. The molecule has 1 aliphatic carbocycles. The van der Waals surface area contributed by atoms with Crippen molar-refractivity contribution in [2.24, 2.45) is 5.41 Å². The molecule has 0 bridgehead atoms. The molecular weight excluding hydrogens is 344 g/mol. The van der Waals surface area contributed by atoms with Crippen LogP contribution in [-0.4, -0.2) is 41.4 Å². The van der Waals surface area contributed by atoms with Crippen LogP contribution in [-0.2, 0) is 14.3 Å². The SMILES string of the molecule is CC.CC(CO)(CO)COC1C(=O)C2=C(OC(C)(C)CC2)c2ccccc21. The maximum Gasteiger partial charge on any atom is 0.195 e. The van der Waals surface area contributed by atoms with Crippen molar-refractivity contribution in [3.05, 3.63) is 41.0 Å². The monoisotopic (exact) mass is 376 g/mol. The summed E-state index contributed by atoms with van der Waals surface area (Å²) in [5, 5.41) is 18.9. The number of aliphatic hydroxyl groups excluding tert-OH is 2. The zero-order valence-electron chi connectivity index (χ0n) is 17.0. The number of carbonyl (C=O) groups excluding carboxylic acids is 1. The first kappa shape index (κ1) is 21.6. The van der Waals surface area contributed by atoms with Crippen LogP contribution in [0.5, 0.6) is 0 Å². The topological polar surface area (TPSA) is 76.0 Å². The molecule has 0 fully saturated rings. The van der Waals surface area contributed by atoms with Gasteiger partial charge in [0.05, 0.1) is 19.8 Å². The van der Waals surface area contributed by atoms with E-state index in [1.54, 1.807) is 6.92 Å². The van der Waals surface area contributed by atoms with Gasteiger partial charge in [0.1, 0.15) is 17.5 Å². The smallest absolute Gasteiger partial charge is 0.195 e. The fourth-order valence-electron chi connectivity index (χ4n) is 3.20. The van der Waals surface area contributed by atoms with Crippen LogP contribution >= 0.6 is 0 Å². The molecule has 2 N–H and O–H groups in total. The van der Waals surface area contributed by atoms with Crippen molar-refractivity contribution >= 4 is 11.5 Å². The molecule has 1 aromatic carbocycles. The summed E-state index contributed by atoms with van der Waals surface area (Å²) in [6.45, 7) is 9.46. The van der Waals surface area contributed by atoms with Gasteiger partial charge in [-0.15, -0.1) is 0 Å². The summed E-state index contributed by atoms with van der Waals surface area (Å²) in [5.41, 5.74) is 1.27. The first-order chi connectivity index (χ1) is 12.8. The van der Waals surface area contributed by atoms with E-state index in [4.69, 9.17) is 9.47 Å². The second-order valence-electron chi connectivity index (χ2n) is 7.94. The van der Waals surface area contributed by atoms with Crippen LogP contribution in [0.4, 0.5) is 0 Å². The third-order valence-corrected chi connectivity index (χ3v) is 5.01. The summed E-state index contributed by atoms with van der Waals surface area (Å²) in [6.07, 6.45) is 0.710. The van der Waals surface area contributed by atoms with Crippen molar-refractivity contribution in [1.29, 1.82) is 0 Å². The first-order valence-electron chi connectivity index (χ1n) is 9.69. The van der Waals surface area contributed by atoms with E-state index in [1.807, 2.05) is 52.0 Å². The Balaban J connectivity index is 0.00000126. The number of Topliss-reactive ketones (excluding diaryl/α,β-unsaturated/α-hetero) is 1. The van der Waals surface area contributed by atoms with Crippen molar-refractivity contribution in [3.8, 4) is 0 Å². The minimum absolute atomic E-state index is 0.0811. The Morgan fingerprint density at radius 3 is 2.48 bits per heavy atom. The Morgan fingerprint density at radius 2 is 1.85 bits per heavy atom. The number of hydrogen-bond acceptors (Lipinski definition) is 5. The predicted molar refractivity (Wildman–Crippen MR) is 105 cm³/mol. The Labute approximate surface area is 162 Å². The average Bonchev–Trinajstić information content (AvgIpc) is 2.68. The number of ether oxygens (including phenoxy) is 2. The van der Waals surface area contributed by atoms with E-state index in [0.29, 0.717) is 17.8 Å². The fourth-order valence-corrected chi connectivity index (χ4v) is 3.20. The lowest BCUT2D eigenvalue weighted by Gasteiger charge is -2.39. The molecule has 1 atom stereocenters. The van der Waals surface area contributed by atoms with Gasteiger partial charge < -0.3 is 19.7 Å². The van der Waals surface area contributed by atoms with Gasteiger partial charge in [0, 0.05) is 16.6 Å². The van der Waals surface area contributed by atoms with E-state index in [0.717, 1.165) is 17.5 Å². The van der Waals surface area contributed by atoms with Gasteiger partial charge in [-0.05, 0) is 32.3 Å². The van der Waals surface area contributed by atoms with Crippen LogP contribution in [0.25, 0.3) is 5.76 Å². The molecule has 3 rings (SSSR count). The molecular formula is C22H32O5. The standard InChI is InChI=1S/C20H26O5.C2H6/c1-19(2)9-8-15-16(23)18(24-12-20(3,10-21)11-22)14-7-5-4-6-13(14)17(15)25-19;1-2/h4-7,18,21-22H,8-12H2,1-3H3;1-2H3. The zero-order chi connectivity index (χ0) is 20.2. The lowest BCUT2D eigenvalue weighted by Crippen LogP contribution is -2.37. The minimum Gasteiger partial charge on any atom is -0.487 e. The molecule has 1 heterocycles. The quantitative estimate of drug-likeness (QED) is 0.820. The molecule has 2 aliphatic rings. The van der Waals surface area contributed by atoms with E-state index in [1.165, 1.54) is 0 Å². The number of fused-ring (bicyclic) bond motifs is 2. The molecule has 0 saturated carbocycles. The van der Waals surface area contributed by atoms with Crippen LogP contribution in [0.1, 0.15) is 64.7 Å². The lowest BCUT2D eigenvalue weighted by atomic mass is 9.81. The molecule has 5 heteroatoms. The minimum atomic E-state index is -0.783. The molecule has 0 spiro atoms. The van der Waals surface area contributed by atoms with Crippen molar-refractivity contribution in [3.63, 3.8) is 0 Å². The van der Waals surface area contributed by atoms with Crippen molar-refractivity contribution in [2.75, 3.05) is 19.8 Å². The Hall–Kier alpha value is -1.69. The lowest BCUT2D eigenvalue weighted by molar-refractivity contribution is -0.132. The van der Waals surface area contributed by atoms with Crippen LogP contribution in [0.15, 0.2) is 29.8 Å². The summed E-state index contributed by atoms with van der Waals surface area (Å²) in [4.78, 5) is 13.0. The number of hydrogen-bond donors (Lipinski definition) is 2. The average molecular weight is 376 g/mol. The molecule has 0 radical (unpaired) electrons. The third-order valence-electron chi connectivity index (χ3n) is 5.01. The molecule has 1 aromatic rings. The molecule has 27 heavy (non-hydrogen) atoms. The molecule has 0 saturated heterocycles. The van der Waals surface area contributed by atoms with E-state index in [2.05, 4.69) is 0 Å². The third kappa shape index (κ3) is 4.42. The van der Waals surface area contributed by atoms with Gasteiger partial charge in [-0.25, -0.2) is 0 Å². The highest BCUT2D eigenvalue weighted by Crippen LogP contribution is 2.45. The Morgan fingerprint density at radius 1 is 1.22 bits per heavy atom. The summed E-state index contributed by atoms with van der Waals surface area (Å²) >= 11 is 0. The second kappa shape index (κ2) is 8.55. The molecule has 5 nitrogen and oxygen atoms in total. The number of benzene rings is 1. The second-order valence-corrected chi connectivity index (χ2v) is 7.94. The van der Waals surface area contributed by atoms with Crippen molar-refractivity contribution in [2.45, 2.75) is 59.2 Å². The van der Waals surface area contributed by atoms with Crippen LogP contribution < -0.4 is 0 Å². The molecule has 0 aromatic heterocycles. The van der Waals surface area contributed by atoms with Gasteiger partial charge in [-0.3, -0.25) is 4.79 Å². The van der Waals surface area contributed by atoms with Crippen molar-refractivity contribution < 1.29 is 24.5 Å². The number of carbonyl (C=O) groups is 1. The predicted octanol–water partition coefficient (Wildman–Crippen LogP) is 3.64. The maximum absolute atomic E-state index is 13.0. The normalized spacial score (nSPS) is 20.9. The van der Waals surface area contributed by atoms with Gasteiger partial charge >= 0.3 is 0 Å². The van der Waals surface area contributed by atoms with Gasteiger partial charge in [0.15, 0.2) is 5.78 Å². The summed E-state index contributed by atoms with van der Waals surface area (Å²) in [6, 6.07) is 7.63. The number of ketones is 1. The first-order valence-corrected chi connectivity index (χ1v) is 9.69. The highest BCUT2D eigenvalue weighted by atomic mass is 16.5. The van der Waals surface area contributed by atoms with Crippen LogP contribution in [0.2, 0.25) is 0 Å². The summed E-state index contributed by atoms with van der Waals surface area (Å²) < 4.78 is 12.0. The van der Waals surface area contributed by atoms with E-state index >= 15 is 0 Å². The van der Waals surface area contributed by atoms with E-state index < -0.39 is 11.5 Å². The largest absolute Gasteiger partial charge is 0.487 e. The maximum atomic E-state index is 13.0. The van der Waals surface area contributed by atoms with Crippen LogP contribution in [0, 0.1) is 5.41 Å². The highest BCUT2D eigenvalue weighted by Gasteiger charge is 2.41. The summed E-state index contributed by atoms with van der Waals surface area (Å²) in [7, 11) is 0.